The van der Waals surface area contributed by atoms with Crippen molar-refractivity contribution in [3.63, 3.8) is 0 Å². The highest BCUT2D eigenvalue weighted by Gasteiger charge is 2.41. The van der Waals surface area contributed by atoms with Crippen molar-refractivity contribution in [3.05, 3.63) is 35.9 Å². The van der Waals surface area contributed by atoms with Gasteiger partial charge in [-0.25, -0.2) is 4.79 Å². The van der Waals surface area contributed by atoms with Gasteiger partial charge in [0.2, 0.25) is 11.8 Å². The second-order valence-electron chi connectivity index (χ2n) is 6.20. The molecule has 1 aromatic rings. The summed E-state index contributed by atoms with van der Waals surface area (Å²) in [6.45, 7) is 4.33. The molecule has 0 aliphatic carbocycles. The lowest BCUT2D eigenvalue weighted by atomic mass is 9.85. The van der Waals surface area contributed by atoms with Crippen molar-refractivity contribution in [1.29, 1.82) is 0 Å². The van der Waals surface area contributed by atoms with Crippen LogP contribution in [0.4, 0.5) is 0 Å². The summed E-state index contributed by atoms with van der Waals surface area (Å²) in [4.78, 5) is 37.7. The third kappa shape index (κ3) is 3.58. The molecule has 6 nitrogen and oxygen atoms in total. The number of nitrogens with one attached hydrogen (secondary N) is 1. The first-order chi connectivity index (χ1) is 11.4. The molecule has 2 N–H and O–H groups in total. The Kier molecular flexibility index (Phi) is 5.59. The van der Waals surface area contributed by atoms with Crippen molar-refractivity contribution < 1.29 is 19.5 Å². The van der Waals surface area contributed by atoms with E-state index in [-0.39, 0.29) is 24.2 Å². The highest BCUT2D eigenvalue weighted by molar-refractivity contribution is 5.89. The number of carboxylic acid groups (broad SMARTS) is 1. The minimum absolute atomic E-state index is 0.00610. The lowest BCUT2D eigenvalue weighted by Gasteiger charge is -2.35. The summed E-state index contributed by atoms with van der Waals surface area (Å²) in [6, 6.07) is 8.78. The third-order valence-corrected chi connectivity index (χ3v) is 4.81. The summed E-state index contributed by atoms with van der Waals surface area (Å²) in [6.07, 6.45) is 1.36. The number of amides is 2. The molecule has 1 aromatic carbocycles. The van der Waals surface area contributed by atoms with Gasteiger partial charge in [0.15, 0.2) is 5.54 Å². The number of rotatable bonds is 5. The molecule has 0 saturated carbocycles. The molecule has 1 fully saturated rings. The van der Waals surface area contributed by atoms with Crippen molar-refractivity contribution in [2.75, 3.05) is 13.1 Å². The normalized spacial score (nSPS) is 17.8. The van der Waals surface area contributed by atoms with E-state index in [4.69, 9.17) is 0 Å². The Balaban J connectivity index is 2.15. The van der Waals surface area contributed by atoms with Crippen LogP contribution in [-0.4, -0.2) is 40.9 Å². The lowest BCUT2D eigenvalue weighted by molar-refractivity contribution is -0.149. The number of nitrogens with zero attached hydrogens (tertiary/aromatic N) is 1. The topological polar surface area (TPSA) is 86.7 Å². The molecule has 1 atom stereocenters. The van der Waals surface area contributed by atoms with Crippen LogP contribution < -0.4 is 5.32 Å². The van der Waals surface area contributed by atoms with E-state index in [1.165, 1.54) is 6.92 Å². The zero-order valence-electron chi connectivity index (χ0n) is 14.1. The Hall–Kier alpha value is -2.37. The van der Waals surface area contributed by atoms with Crippen molar-refractivity contribution in [1.82, 2.24) is 10.2 Å². The molecule has 0 aromatic heterocycles. The van der Waals surface area contributed by atoms with Gasteiger partial charge in [0.25, 0.3) is 0 Å². The van der Waals surface area contributed by atoms with Crippen LogP contribution in [0.5, 0.6) is 0 Å². The van der Waals surface area contributed by atoms with Gasteiger partial charge < -0.3 is 15.3 Å². The van der Waals surface area contributed by atoms with Crippen LogP contribution in [0.2, 0.25) is 0 Å². The van der Waals surface area contributed by atoms with Gasteiger partial charge in [-0.05, 0) is 24.8 Å². The van der Waals surface area contributed by atoms with Crippen LogP contribution in [0.3, 0.4) is 0 Å². The first-order valence-electron chi connectivity index (χ1n) is 8.27. The SMILES string of the molecule is CCC(NC(=O)C1CCN(C(C)=O)CC1)(C(=O)O)c1ccccc1. The Bertz CT molecular complexity index is 609. The monoisotopic (exact) mass is 332 g/mol. The van der Waals surface area contributed by atoms with Crippen molar-refractivity contribution in [3.8, 4) is 0 Å². The standard InChI is InChI=1S/C18H24N2O4/c1-3-18(17(23)24,15-7-5-4-6-8-15)19-16(22)14-9-11-20(12-10-14)13(2)21/h4-8,14H,3,9-12H2,1-2H3,(H,19,22)(H,23,24). The van der Waals surface area contributed by atoms with Crippen LogP contribution in [0.15, 0.2) is 30.3 Å². The summed E-state index contributed by atoms with van der Waals surface area (Å²) < 4.78 is 0. The van der Waals surface area contributed by atoms with E-state index in [9.17, 15) is 19.5 Å². The Morgan fingerprint density at radius 3 is 2.25 bits per heavy atom. The van der Waals surface area contributed by atoms with E-state index < -0.39 is 11.5 Å². The van der Waals surface area contributed by atoms with Gasteiger partial charge in [0.05, 0.1) is 0 Å². The van der Waals surface area contributed by atoms with E-state index in [0.29, 0.717) is 31.5 Å². The summed E-state index contributed by atoms with van der Waals surface area (Å²) >= 11 is 0. The fourth-order valence-electron chi connectivity index (χ4n) is 3.18. The number of hydrogen-bond donors (Lipinski definition) is 2. The van der Waals surface area contributed by atoms with Crippen molar-refractivity contribution in [2.45, 2.75) is 38.6 Å². The van der Waals surface area contributed by atoms with Gasteiger partial charge in [-0.15, -0.1) is 0 Å². The number of likely N-dealkylation sites (tertiary alicyclic amines) is 1. The number of piperidine rings is 1. The predicted octanol–water partition coefficient (Wildman–Crippen LogP) is 1.75. The van der Waals surface area contributed by atoms with Crippen molar-refractivity contribution in [2.24, 2.45) is 5.92 Å². The fourth-order valence-corrected chi connectivity index (χ4v) is 3.18. The van der Waals surface area contributed by atoms with Crippen LogP contribution in [0.1, 0.15) is 38.7 Å². The molecule has 2 amide bonds. The number of aliphatic carboxylic acids is 1. The predicted molar refractivity (Wildman–Crippen MR) is 89.2 cm³/mol. The lowest BCUT2D eigenvalue weighted by Crippen LogP contribution is -2.54. The molecule has 1 unspecified atom stereocenters. The maximum Gasteiger partial charge on any atom is 0.334 e. The summed E-state index contributed by atoms with van der Waals surface area (Å²) in [7, 11) is 0. The molecule has 130 valence electrons. The maximum atomic E-state index is 12.6. The Morgan fingerprint density at radius 2 is 1.79 bits per heavy atom. The van der Waals surface area contributed by atoms with E-state index in [2.05, 4.69) is 5.32 Å². The minimum atomic E-state index is -1.42. The first kappa shape index (κ1) is 18.0. The molecule has 24 heavy (non-hydrogen) atoms. The molecule has 0 radical (unpaired) electrons. The van der Waals surface area contributed by atoms with Gasteiger partial charge in [-0.3, -0.25) is 9.59 Å². The van der Waals surface area contributed by atoms with E-state index in [0.717, 1.165) is 0 Å². The molecule has 0 bridgehead atoms. The minimum Gasteiger partial charge on any atom is -0.479 e. The van der Waals surface area contributed by atoms with Gasteiger partial charge in [0, 0.05) is 25.9 Å². The number of hydrogen-bond acceptors (Lipinski definition) is 3. The number of carbonyl (C=O) groups is 3. The molecule has 6 heteroatoms. The summed E-state index contributed by atoms with van der Waals surface area (Å²) in [5.41, 5.74) is -0.856. The average molecular weight is 332 g/mol. The zero-order valence-corrected chi connectivity index (χ0v) is 14.1. The molecule has 1 aliphatic rings. The molecular formula is C18H24N2O4. The molecule has 1 saturated heterocycles. The van der Waals surface area contributed by atoms with Gasteiger partial charge in [0.1, 0.15) is 0 Å². The Labute approximate surface area is 141 Å². The summed E-state index contributed by atoms with van der Waals surface area (Å²) in [5, 5.41) is 12.5. The van der Waals surface area contributed by atoms with Crippen LogP contribution >= 0.6 is 0 Å². The van der Waals surface area contributed by atoms with Crippen LogP contribution in [0, 0.1) is 5.92 Å². The second kappa shape index (κ2) is 7.47. The average Bonchev–Trinajstić information content (AvgIpc) is 2.60. The molecule has 1 heterocycles. The quantitative estimate of drug-likeness (QED) is 0.860. The number of carboxylic acids is 1. The molecule has 2 rings (SSSR count). The first-order valence-corrected chi connectivity index (χ1v) is 8.27. The highest BCUT2D eigenvalue weighted by atomic mass is 16.4. The zero-order chi connectivity index (χ0) is 17.7. The molecular weight excluding hydrogens is 308 g/mol. The maximum absolute atomic E-state index is 12.6. The van der Waals surface area contributed by atoms with Crippen LogP contribution in [0.25, 0.3) is 0 Å². The largest absolute Gasteiger partial charge is 0.479 e. The highest BCUT2D eigenvalue weighted by Crippen LogP contribution is 2.27. The third-order valence-electron chi connectivity index (χ3n) is 4.81. The van der Waals surface area contributed by atoms with E-state index >= 15 is 0 Å². The number of carbonyl (C=O) groups excluding carboxylic acids is 2. The molecule has 0 spiro atoms. The van der Waals surface area contributed by atoms with Gasteiger partial charge in [-0.1, -0.05) is 37.3 Å². The van der Waals surface area contributed by atoms with Gasteiger partial charge >= 0.3 is 5.97 Å². The van der Waals surface area contributed by atoms with Gasteiger partial charge in [-0.2, -0.15) is 0 Å². The van der Waals surface area contributed by atoms with E-state index in [1.807, 2.05) is 6.07 Å². The summed E-state index contributed by atoms with van der Waals surface area (Å²) in [5.74, 6) is -1.59. The molecule has 1 aliphatic heterocycles. The Morgan fingerprint density at radius 1 is 1.21 bits per heavy atom. The number of benzene rings is 1. The van der Waals surface area contributed by atoms with Crippen molar-refractivity contribution >= 4 is 17.8 Å². The smallest absolute Gasteiger partial charge is 0.334 e. The second-order valence-corrected chi connectivity index (χ2v) is 6.20. The van der Waals surface area contributed by atoms with E-state index in [1.54, 1.807) is 36.1 Å². The fraction of sp³-hybridized carbons (Fsp3) is 0.500. The van der Waals surface area contributed by atoms with Crippen LogP contribution in [-0.2, 0) is 19.9 Å².